The summed E-state index contributed by atoms with van der Waals surface area (Å²) in [6.07, 6.45) is 1.98. The van der Waals surface area contributed by atoms with E-state index >= 15 is 0 Å². The summed E-state index contributed by atoms with van der Waals surface area (Å²) in [5, 5.41) is 22.6. The molecule has 8 nitrogen and oxygen atoms in total. The first-order valence-electron chi connectivity index (χ1n) is 9.26. The first kappa shape index (κ1) is 20.9. The van der Waals surface area contributed by atoms with Gasteiger partial charge in [0, 0.05) is 36.5 Å². The second-order valence-corrected chi connectivity index (χ2v) is 9.03. The largest absolute Gasteiger partial charge is 0.387 e. The van der Waals surface area contributed by atoms with E-state index in [9.17, 15) is 19.6 Å². The van der Waals surface area contributed by atoms with E-state index in [2.05, 4.69) is 9.88 Å². The van der Waals surface area contributed by atoms with Gasteiger partial charge in [0.1, 0.15) is 17.0 Å². The SMILES string of the molecule is C[C@](O)(CN1CCc2nc(-c3ccc(F)cc3)sc2C1)Cn1cc([N+](=O)[O-])nc1Cl. The van der Waals surface area contributed by atoms with Gasteiger partial charge in [-0.3, -0.25) is 9.47 Å². The molecule has 0 saturated heterocycles. The first-order valence-corrected chi connectivity index (χ1v) is 10.5. The van der Waals surface area contributed by atoms with Crippen LogP contribution in [0.1, 0.15) is 17.5 Å². The summed E-state index contributed by atoms with van der Waals surface area (Å²) in [5.41, 5.74) is 0.745. The zero-order chi connectivity index (χ0) is 21.5. The van der Waals surface area contributed by atoms with Gasteiger partial charge in [-0.25, -0.2) is 9.37 Å². The van der Waals surface area contributed by atoms with Crippen LogP contribution in [0.5, 0.6) is 0 Å². The lowest BCUT2D eigenvalue weighted by molar-refractivity contribution is -0.389. The van der Waals surface area contributed by atoms with Crippen LogP contribution in [0.3, 0.4) is 0 Å². The maximum Gasteiger partial charge on any atom is 0.383 e. The fourth-order valence-electron chi connectivity index (χ4n) is 3.58. The van der Waals surface area contributed by atoms with Crippen LogP contribution in [0.25, 0.3) is 10.6 Å². The van der Waals surface area contributed by atoms with Crippen molar-refractivity contribution in [1.82, 2.24) is 19.4 Å². The third-order valence-electron chi connectivity index (χ3n) is 4.88. The van der Waals surface area contributed by atoms with Gasteiger partial charge < -0.3 is 15.2 Å². The molecule has 158 valence electrons. The molecule has 1 aromatic carbocycles. The van der Waals surface area contributed by atoms with Crippen molar-refractivity contribution in [2.45, 2.75) is 32.0 Å². The number of nitro groups is 1. The number of thiazole rings is 1. The maximum atomic E-state index is 13.2. The van der Waals surface area contributed by atoms with E-state index in [1.54, 1.807) is 30.4 Å². The highest BCUT2D eigenvalue weighted by Crippen LogP contribution is 2.32. The molecule has 0 bridgehead atoms. The molecule has 0 amide bonds. The van der Waals surface area contributed by atoms with Gasteiger partial charge in [0.05, 0.1) is 17.8 Å². The summed E-state index contributed by atoms with van der Waals surface area (Å²) < 4.78 is 14.5. The number of aliphatic hydroxyl groups is 1. The monoisotopic (exact) mass is 451 g/mol. The topological polar surface area (TPSA) is 97.3 Å². The van der Waals surface area contributed by atoms with Gasteiger partial charge in [-0.15, -0.1) is 11.3 Å². The lowest BCUT2D eigenvalue weighted by atomic mass is 10.0. The molecule has 0 saturated carbocycles. The van der Waals surface area contributed by atoms with Crippen LogP contribution in [0, 0.1) is 15.9 Å². The molecule has 0 radical (unpaired) electrons. The zero-order valence-corrected chi connectivity index (χ0v) is 17.7. The number of fused-ring (bicyclic) bond motifs is 1. The van der Waals surface area contributed by atoms with E-state index in [0.29, 0.717) is 13.1 Å². The summed E-state index contributed by atoms with van der Waals surface area (Å²) >= 11 is 7.54. The molecule has 0 aliphatic carbocycles. The minimum atomic E-state index is -1.17. The molecule has 0 unspecified atom stereocenters. The van der Waals surface area contributed by atoms with Crippen LogP contribution in [0.4, 0.5) is 10.2 Å². The summed E-state index contributed by atoms with van der Waals surface area (Å²) in [4.78, 5) is 21.9. The molecule has 3 aromatic rings. The van der Waals surface area contributed by atoms with Crippen LogP contribution in [-0.2, 0) is 19.5 Å². The minimum absolute atomic E-state index is 0.0331. The van der Waals surface area contributed by atoms with Gasteiger partial charge in [-0.05, 0) is 52.7 Å². The van der Waals surface area contributed by atoms with Crippen molar-refractivity contribution in [3.63, 3.8) is 0 Å². The smallest absolute Gasteiger partial charge is 0.383 e. The van der Waals surface area contributed by atoms with Gasteiger partial charge in [0.25, 0.3) is 0 Å². The maximum absolute atomic E-state index is 13.2. The third kappa shape index (κ3) is 4.51. The van der Waals surface area contributed by atoms with Crippen molar-refractivity contribution in [2.24, 2.45) is 0 Å². The molecule has 2 aromatic heterocycles. The normalized spacial score (nSPS) is 16.3. The Morgan fingerprint density at radius 3 is 2.73 bits per heavy atom. The van der Waals surface area contributed by atoms with E-state index in [0.717, 1.165) is 34.1 Å². The Hall–Kier alpha value is -2.40. The van der Waals surface area contributed by atoms with Crippen LogP contribution in [0.2, 0.25) is 5.28 Å². The molecule has 11 heteroatoms. The Morgan fingerprint density at radius 1 is 1.33 bits per heavy atom. The third-order valence-corrected chi connectivity index (χ3v) is 6.31. The van der Waals surface area contributed by atoms with E-state index in [4.69, 9.17) is 16.6 Å². The second-order valence-electron chi connectivity index (χ2n) is 7.61. The molecule has 1 aliphatic rings. The molecular weight excluding hydrogens is 433 g/mol. The molecule has 4 rings (SSSR count). The quantitative estimate of drug-likeness (QED) is 0.455. The van der Waals surface area contributed by atoms with E-state index < -0.39 is 10.5 Å². The second kappa shape index (κ2) is 8.03. The molecule has 1 aliphatic heterocycles. The predicted molar refractivity (Wildman–Crippen MR) is 111 cm³/mol. The Morgan fingerprint density at radius 2 is 2.07 bits per heavy atom. The average molecular weight is 452 g/mol. The highest BCUT2D eigenvalue weighted by molar-refractivity contribution is 7.15. The number of benzene rings is 1. The molecule has 1 atom stereocenters. The molecule has 1 N–H and O–H groups in total. The molecule has 0 spiro atoms. The lowest BCUT2D eigenvalue weighted by Gasteiger charge is -2.33. The number of β-amino-alcohol motifs (C(OH)–C–C–N with tert-alkyl or cyclic N) is 1. The number of hydrogen-bond donors (Lipinski definition) is 1. The van der Waals surface area contributed by atoms with Crippen molar-refractivity contribution >= 4 is 28.8 Å². The van der Waals surface area contributed by atoms with Gasteiger partial charge in [0.15, 0.2) is 0 Å². The average Bonchev–Trinajstić information content (AvgIpc) is 3.25. The van der Waals surface area contributed by atoms with E-state index in [-0.39, 0.29) is 23.5 Å². The molecule has 0 fully saturated rings. The Kier molecular flexibility index (Phi) is 5.58. The lowest BCUT2D eigenvalue weighted by Crippen LogP contribution is -2.45. The zero-order valence-electron chi connectivity index (χ0n) is 16.1. The van der Waals surface area contributed by atoms with Crippen molar-refractivity contribution < 1.29 is 14.4 Å². The highest BCUT2D eigenvalue weighted by atomic mass is 35.5. The Balaban J connectivity index is 1.44. The fourth-order valence-corrected chi connectivity index (χ4v) is 4.93. The highest BCUT2D eigenvalue weighted by Gasteiger charge is 2.30. The first-order chi connectivity index (χ1) is 14.2. The van der Waals surface area contributed by atoms with Crippen molar-refractivity contribution in [1.29, 1.82) is 0 Å². The molecule has 30 heavy (non-hydrogen) atoms. The predicted octanol–water partition coefficient (Wildman–Crippen LogP) is 3.52. The van der Waals surface area contributed by atoms with Gasteiger partial charge in [-0.2, -0.15) is 0 Å². The van der Waals surface area contributed by atoms with Crippen LogP contribution in [-0.4, -0.2) is 48.2 Å². The van der Waals surface area contributed by atoms with Crippen LogP contribution >= 0.6 is 22.9 Å². The van der Waals surface area contributed by atoms with Crippen molar-refractivity contribution in [3.05, 3.63) is 62.2 Å². The molecular formula is C19H19ClFN5O3S. The molecule has 3 heterocycles. The van der Waals surface area contributed by atoms with Gasteiger partial charge in [0.2, 0.25) is 0 Å². The Labute approximate surface area is 180 Å². The van der Waals surface area contributed by atoms with Crippen LogP contribution < -0.4 is 0 Å². The summed E-state index contributed by atoms with van der Waals surface area (Å²) in [7, 11) is 0. The number of hydrogen-bond acceptors (Lipinski definition) is 7. The Bertz CT molecular complexity index is 1080. The number of rotatable bonds is 6. The van der Waals surface area contributed by atoms with E-state index in [1.807, 2.05) is 0 Å². The van der Waals surface area contributed by atoms with Crippen LogP contribution in [0.15, 0.2) is 30.5 Å². The van der Waals surface area contributed by atoms with Gasteiger partial charge >= 0.3 is 11.1 Å². The minimum Gasteiger partial charge on any atom is -0.387 e. The van der Waals surface area contributed by atoms with Crippen molar-refractivity contribution in [3.8, 4) is 10.6 Å². The van der Waals surface area contributed by atoms with E-state index in [1.165, 1.54) is 22.9 Å². The summed E-state index contributed by atoms with van der Waals surface area (Å²) in [6.45, 7) is 3.48. The van der Waals surface area contributed by atoms with Crippen molar-refractivity contribution in [2.75, 3.05) is 13.1 Å². The number of aromatic nitrogens is 3. The fraction of sp³-hybridized carbons (Fsp3) is 0.368. The number of imidazole rings is 1. The number of halogens is 2. The summed E-state index contributed by atoms with van der Waals surface area (Å²) in [6, 6.07) is 6.28. The summed E-state index contributed by atoms with van der Waals surface area (Å²) in [5.74, 6) is -0.631. The standard InChI is InChI=1S/C19H19ClFN5O3S/c1-19(27,11-25-9-16(26(28)29)23-18(25)20)10-24-7-6-14-15(8-24)30-17(22-14)12-2-4-13(21)5-3-12/h2-5,9,27H,6-8,10-11H2,1H3/t19-/m0/s1. The number of nitrogens with zero attached hydrogens (tertiary/aromatic N) is 5. The van der Waals surface area contributed by atoms with Gasteiger partial charge in [-0.1, -0.05) is 0 Å².